The maximum absolute atomic E-state index is 14.2. The molecular weight excluding hydrogens is 582 g/mol. The van der Waals surface area contributed by atoms with E-state index >= 15 is 0 Å². The number of hydrogen-bond acceptors (Lipinski definition) is 2. The number of halogens is 6. The van der Waals surface area contributed by atoms with Crippen molar-refractivity contribution in [1.29, 1.82) is 0 Å². The van der Waals surface area contributed by atoms with Crippen LogP contribution in [0.1, 0.15) is 33.4 Å². The molecule has 0 unspecified atom stereocenters. The number of benzene rings is 4. The van der Waals surface area contributed by atoms with Crippen molar-refractivity contribution >= 4 is 23.2 Å². The average molecular weight is 605 g/mol. The number of amides is 2. The van der Waals surface area contributed by atoms with Crippen molar-refractivity contribution in [3.05, 3.63) is 154 Å². The predicted octanol–water partition coefficient (Wildman–Crippen LogP) is 7.93. The molecule has 0 spiro atoms. The Labute approximate surface area is 248 Å². The van der Waals surface area contributed by atoms with Gasteiger partial charge in [-0.05, 0) is 46.5 Å². The van der Waals surface area contributed by atoms with Gasteiger partial charge in [-0.3, -0.25) is 9.59 Å². The van der Waals surface area contributed by atoms with Gasteiger partial charge < -0.3 is 9.80 Å². The number of fused-ring (bicyclic) bond motifs is 1. The second-order valence-corrected chi connectivity index (χ2v) is 10.4. The molecule has 4 aromatic carbocycles. The van der Waals surface area contributed by atoms with Crippen LogP contribution in [0.3, 0.4) is 0 Å². The molecule has 10 heteroatoms. The van der Waals surface area contributed by atoms with Crippen LogP contribution in [0.4, 0.5) is 26.3 Å². The molecule has 2 amide bonds. The fourth-order valence-corrected chi connectivity index (χ4v) is 5.46. The first-order valence-corrected chi connectivity index (χ1v) is 13.5. The smallest absolute Gasteiger partial charge is 0.302 e. The van der Waals surface area contributed by atoms with Gasteiger partial charge in [-0.1, -0.05) is 84.9 Å². The zero-order valence-corrected chi connectivity index (χ0v) is 22.8. The van der Waals surface area contributed by atoms with E-state index in [1.54, 1.807) is 60.7 Å². The fraction of sp³-hybridized carbons (Fsp3) is 0.118. The first-order chi connectivity index (χ1) is 20.9. The van der Waals surface area contributed by atoms with Crippen LogP contribution in [0.5, 0.6) is 0 Å². The molecule has 0 atom stereocenters. The monoisotopic (exact) mass is 604 g/mol. The largest absolute Gasteiger partial charge is 0.416 e. The third-order valence-electron chi connectivity index (χ3n) is 7.52. The Balaban J connectivity index is 1.56. The maximum Gasteiger partial charge on any atom is 0.416 e. The molecule has 6 rings (SSSR count). The molecule has 4 aromatic rings. The molecular formula is C34H22F6N2O2. The van der Waals surface area contributed by atoms with Crippen LogP contribution >= 0.6 is 0 Å². The Morgan fingerprint density at radius 1 is 0.455 bits per heavy atom. The van der Waals surface area contributed by atoms with Gasteiger partial charge in [0.1, 0.15) is 0 Å². The van der Waals surface area contributed by atoms with Crippen LogP contribution in [-0.2, 0) is 35.0 Å². The highest BCUT2D eigenvalue weighted by Crippen LogP contribution is 2.48. The van der Waals surface area contributed by atoms with Crippen LogP contribution < -0.4 is 0 Å². The van der Waals surface area contributed by atoms with Gasteiger partial charge >= 0.3 is 12.4 Å². The zero-order chi connectivity index (χ0) is 31.2. The number of carbonyl (C=O) groups excluding carboxylic acids is 2. The molecule has 44 heavy (non-hydrogen) atoms. The van der Waals surface area contributed by atoms with Crippen molar-refractivity contribution in [1.82, 2.24) is 9.80 Å². The first kappa shape index (κ1) is 29.0. The lowest BCUT2D eigenvalue weighted by atomic mass is 10.0. The second kappa shape index (κ2) is 10.9. The standard InChI is InChI=1S/C34H22F6N2O2/c35-33(36,37)25-15-11-23(12-16-25)29-27-28(31(43)41(29)19-21-7-3-1-4-8-21)30(24-13-17-26(18-14-24)34(38,39)40)42(32(27)44)20-22-9-5-2-6-10-22/h1-18H,19-20H2. The minimum atomic E-state index is -4.60. The van der Waals surface area contributed by atoms with Crippen LogP contribution in [0, 0.1) is 0 Å². The fourth-order valence-electron chi connectivity index (χ4n) is 5.46. The van der Waals surface area contributed by atoms with E-state index in [0.29, 0.717) is 11.1 Å². The summed E-state index contributed by atoms with van der Waals surface area (Å²) in [7, 11) is 0. The van der Waals surface area contributed by atoms with E-state index in [9.17, 15) is 35.9 Å². The summed E-state index contributed by atoms with van der Waals surface area (Å²) in [5.41, 5.74) is 0.286. The quantitative estimate of drug-likeness (QED) is 0.210. The molecule has 0 aliphatic carbocycles. The normalized spacial score (nSPS) is 15.5. The summed E-state index contributed by atoms with van der Waals surface area (Å²) in [5.74, 6) is -1.17. The van der Waals surface area contributed by atoms with E-state index in [0.717, 1.165) is 24.3 Å². The third-order valence-corrected chi connectivity index (χ3v) is 7.52. The topological polar surface area (TPSA) is 40.6 Å². The van der Waals surface area contributed by atoms with Gasteiger partial charge in [-0.15, -0.1) is 0 Å². The molecule has 0 saturated carbocycles. The van der Waals surface area contributed by atoms with Crippen molar-refractivity contribution in [2.75, 3.05) is 0 Å². The SMILES string of the molecule is O=C1C2=C(c3ccc(C(F)(F)F)cc3)N(Cc3ccccc3)C(=O)C2=C(c2ccc(C(F)(F)F)cc2)N1Cc1ccccc1. The number of rotatable bonds is 6. The summed E-state index contributed by atoms with van der Waals surface area (Å²) in [5, 5.41) is 0. The number of carbonyl (C=O) groups is 2. The van der Waals surface area contributed by atoms with Crippen LogP contribution in [0.2, 0.25) is 0 Å². The molecule has 0 fully saturated rings. The number of nitrogens with zero attached hydrogens (tertiary/aromatic N) is 2. The Bertz CT molecular complexity index is 1660. The van der Waals surface area contributed by atoms with Crippen molar-refractivity contribution in [3.8, 4) is 0 Å². The summed E-state index contributed by atoms with van der Waals surface area (Å²) < 4.78 is 80.3. The van der Waals surface area contributed by atoms with E-state index in [1.807, 2.05) is 0 Å². The molecule has 222 valence electrons. The predicted molar refractivity (Wildman–Crippen MR) is 151 cm³/mol. The van der Waals surface area contributed by atoms with Crippen LogP contribution in [-0.4, -0.2) is 21.6 Å². The highest BCUT2D eigenvalue weighted by Gasteiger charge is 2.49. The summed E-state index contributed by atoms with van der Waals surface area (Å²) in [6.07, 6.45) is -9.19. The third kappa shape index (κ3) is 5.27. The maximum atomic E-state index is 14.2. The number of alkyl halides is 6. The van der Waals surface area contributed by atoms with E-state index in [-0.39, 0.29) is 46.8 Å². The van der Waals surface area contributed by atoms with E-state index in [1.165, 1.54) is 34.1 Å². The molecule has 0 radical (unpaired) electrons. The molecule has 0 aromatic heterocycles. The van der Waals surface area contributed by atoms with E-state index in [4.69, 9.17) is 0 Å². The zero-order valence-electron chi connectivity index (χ0n) is 22.8. The van der Waals surface area contributed by atoms with Gasteiger partial charge in [-0.2, -0.15) is 26.3 Å². The Morgan fingerprint density at radius 2 is 0.773 bits per heavy atom. The minimum Gasteiger partial charge on any atom is -0.302 e. The van der Waals surface area contributed by atoms with E-state index in [2.05, 4.69) is 0 Å². The van der Waals surface area contributed by atoms with E-state index < -0.39 is 35.3 Å². The average Bonchev–Trinajstić information content (AvgIpc) is 3.44. The first-order valence-electron chi connectivity index (χ1n) is 13.5. The molecule has 4 nitrogen and oxygen atoms in total. The van der Waals surface area contributed by atoms with Crippen LogP contribution in [0.15, 0.2) is 120 Å². The van der Waals surface area contributed by atoms with Gasteiger partial charge in [0.05, 0.1) is 46.8 Å². The molecule has 0 saturated heterocycles. The van der Waals surface area contributed by atoms with Gasteiger partial charge in [0, 0.05) is 0 Å². The van der Waals surface area contributed by atoms with Gasteiger partial charge in [0.2, 0.25) is 0 Å². The van der Waals surface area contributed by atoms with Crippen molar-refractivity contribution in [2.24, 2.45) is 0 Å². The highest BCUT2D eigenvalue weighted by molar-refractivity contribution is 6.30. The molecule has 0 bridgehead atoms. The summed E-state index contributed by atoms with van der Waals surface area (Å²) in [6, 6.07) is 26.1. The lowest BCUT2D eigenvalue weighted by Crippen LogP contribution is -2.29. The highest BCUT2D eigenvalue weighted by atomic mass is 19.4. The Hall–Kier alpha value is -5.12. The number of hydrogen-bond donors (Lipinski definition) is 0. The lowest BCUT2D eigenvalue weighted by Gasteiger charge is -2.26. The molecule has 2 heterocycles. The summed E-state index contributed by atoms with van der Waals surface area (Å²) in [4.78, 5) is 31.2. The summed E-state index contributed by atoms with van der Waals surface area (Å²) >= 11 is 0. The molecule has 2 aliphatic rings. The van der Waals surface area contributed by atoms with Crippen LogP contribution in [0.25, 0.3) is 11.4 Å². The molecule has 2 aliphatic heterocycles. The minimum absolute atomic E-state index is 0.00921. The van der Waals surface area contributed by atoms with Gasteiger partial charge in [-0.25, -0.2) is 0 Å². The van der Waals surface area contributed by atoms with Crippen molar-refractivity contribution in [2.45, 2.75) is 25.4 Å². The Morgan fingerprint density at radius 3 is 1.07 bits per heavy atom. The molecule has 0 N–H and O–H groups in total. The van der Waals surface area contributed by atoms with Gasteiger partial charge in [0.15, 0.2) is 0 Å². The lowest BCUT2D eigenvalue weighted by molar-refractivity contribution is -0.138. The summed E-state index contributed by atoms with van der Waals surface area (Å²) in [6.45, 7) is 0.0184. The Kier molecular flexibility index (Phi) is 7.15. The van der Waals surface area contributed by atoms with Gasteiger partial charge in [0.25, 0.3) is 11.8 Å². The van der Waals surface area contributed by atoms with Crippen molar-refractivity contribution in [3.63, 3.8) is 0 Å². The second-order valence-electron chi connectivity index (χ2n) is 10.4. The van der Waals surface area contributed by atoms with Crippen molar-refractivity contribution < 1.29 is 35.9 Å².